The predicted molar refractivity (Wildman–Crippen MR) is 45.6 cm³/mol. The molecule has 0 atom stereocenters. The van der Waals surface area contributed by atoms with Gasteiger partial charge >= 0.3 is 6.18 Å². The highest BCUT2D eigenvalue weighted by Crippen LogP contribution is 2.32. The van der Waals surface area contributed by atoms with Gasteiger partial charge in [0, 0.05) is 5.69 Å². The highest BCUT2D eigenvalue weighted by atomic mass is 19.4. The first-order valence-corrected chi connectivity index (χ1v) is 3.53. The number of aryl methyl sites for hydroxylation is 1. The van der Waals surface area contributed by atoms with E-state index in [2.05, 4.69) is 9.72 Å². The molecular formula is C8H11F3N2O. The van der Waals surface area contributed by atoms with Crippen LogP contribution in [0.15, 0.2) is 12.3 Å². The van der Waals surface area contributed by atoms with Crippen LogP contribution in [0.5, 0.6) is 5.75 Å². The summed E-state index contributed by atoms with van der Waals surface area (Å²) in [5, 5.41) is 0. The minimum Gasteiger partial charge on any atom is -0.495 e. The van der Waals surface area contributed by atoms with Crippen LogP contribution in [0.2, 0.25) is 0 Å². The van der Waals surface area contributed by atoms with Gasteiger partial charge in [0.15, 0.2) is 0 Å². The monoisotopic (exact) mass is 208 g/mol. The van der Waals surface area contributed by atoms with Crippen LogP contribution in [0.1, 0.15) is 11.3 Å². The number of rotatable bonds is 1. The summed E-state index contributed by atoms with van der Waals surface area (Å²) in [5.74, 6) is 0.109. The van der Waals surface area contributed by atoms with Crippen molar-refractivity contribution in [2.45, 2.75) is 13.1 Å². The normalized spacial score (nSPS) is 10.6. The molecule has 3 nitrogen and oxygen atoms in total. The molecule has 1 aromatic rings. The third-order valence-electron chi connectivity index (χ3n) is 1.60. The fourth-order valence-corrected chi connectivity index (χ4v) is 0.913. The van der Waals surface area contributed by atoms with Gasteiger partial charge in [-0.1, -0.05) is 0 Å². The molecule has 0 aliphatic rings. The van der Waals surface area contributed by atoms with Crippen molar-refractivity contribution in [2.24, 2.45) is 0 Å². The van der Waals surface area contributed by atoms with Gasteiger partial charge in [-0.15, -0.1) is 0 Å². The summed E-state index contributed by atoms with van der Waals surface area (Å²) in [6, 6.07) is 0.933. The fourth-order valence-electron chi connectivity index (χ4n) is 0.913. The number of hydrogen-bond acceptors (Lipinski definition) is 3. The number of alkyl halides is 3. The van der Waals surface area contributed by atoms with Crippen LogP contribution in [0.4, 0.5) is 13.2 Å². The first kappa shape index (κ1) is 12.7. The van der Waals surface area contributed by atoms with E-state index in [4.69, 9.17) is 0 Å². The second kappa shape index (κ2) is 4.28. The van der Waals surface area contributed by atoms with Crippen molar-refractivity contribution in [3.63, 3.8) is 0 Å². The molecule has 0 radical (unpaired) electrons. The van der Waals surface area contributed by atoms with Crippen molar-refractivity contribution in [3.8, 4) is 5.75 Å². The summed E-state index contributed by atoms with van der Waals surface area (Å²) in [6.45, 7) is 1.31. The number of aromatic nitrogens is 1. The largest absolute Gasteiger partial charge is 0.495 e. The molecular weight excluding hydrogens is 197 g/mol. The molecule has 1 aromatic heterocycles. The third kappa shape index (κ3) is 2.59. The molecule has 0 saturated carbocycles. The maximum absolute atomic E-state index is 12.3. The Morgan fingerprint density at radius 1 is 1.36 bits per heavy atom. The van der Waals surface area contributed by atoms with Gasteiger partial charge in [0.05, 0.1) is 18.9 Å². The lowest BCUT2D eigenvalue weighted by Crippen LogP contribution is -2.08. The standard InChI is InChI=1S/C8H8F3NO.H3N/c1-5-7(8(9,10)11)3-6(13-2)4-12-5;/h3-4H,1-2H3;1H3. The maximum Gasteiger partial charge on any atom is 0.418 e. The number of methoxy groups -OCH3 is 1. The summed E-state index contributed by atoms with van der Waals surface area (Å²) in [5.41, 5.74) is -0.805. The molecule has 0 aromatic carbocycles. The molecule has 1 rings (SSSR count). The van der Waals surface area contributed by atoms with Crippen molar-refractivity contribution in [3.05, 3.63) is 23.5 Å². The van der Waals surface area contributed by atoms with Crippen LogP contribution in [-0.4, -0.2) is 12.1 Å². The molecule has 0 aliphatic heterocycles. The molecule has 3 N–H and O–H groups in total. The van der Waals surface area contributed by atoms with Gasteiger partial charge < -0.3 is 10.9 Å². The number of pyridine rings is 1. The van der Waals surface area contributed by atoms with E-state index < -0.39 is 11.7 Å². The maximum atomic E-state index is 12.3. The van der Waals surface area contributed by atoms with E-state index in [9.17, 15) is 13.2 Å². The number of halogens is 3. The van der Waals surface area contributed by atoms with E-state index in [1.54, 1.807) is 0 Å². The lowest BCUT2D eigenvalue weighted by molar-refractivity contribution is -0.138. The van der Waals surface area contributed by atoms with Crippen molar-refractivity contribution in [1.82, 2.24) is 11.1 Å². The minimum atomic E-state index is -4.37. The molecule has 0 unspecified atom stereocenters. The molecule has 1 heterocycles. The van der Waals surface area contributed by atoms with Gasteiger partial charge in [-0.3, -0.25) is 4.98 Å². The minimum absolute atomic E-state index is 0. The highest BCUT2D eigenvalue weighted by molar-refractivity contribution is 5.30. The van der Waals surface area contributed by atoms with E-state index in [-0.39, 0.29) is 17.6 Å². The van der Waals surface area contributed by atoms with Gasteiger partial charge in [0.1, 0.15) is 5.75 Å². The summed E-state index contributed by atoms with van der Waals surface area (Å²) in [4.78, 5) is 3.57. The van der Waals surface area contributed by atoms with Crippen LogP contribution in [0, 0.1) is 6.92 Å². The number of hydrogen-bond donors (Lipinski definition) is 1. The fraction of sp³-hybridized carbons (Fsp3) is 0.375. The van der Waals surface area contributed by atoms with Crippen LogP contribution in [-0.2, 0) is 6.18 Å². The van der Waals surface area contributed by atoms with Gasteiger partial charge in [0.25, 0.3) is 0 Å². The molecule has 0 bridgehead atoms. The molecule has 6 heteroatoms. The first-order chi connectivity index (χ1) is 5.95. The van der Waals surface area contributed by atoms with Crippen LogP contribution < -0.4 is 10.9 Å². The molecule has 0 amide bonds. The Balaban J connectivity index is 0.00000169. The van der Waals surface area contributed by atoms with Crippen molar-refractivity contribution < 1.29 is 17.9 Å². The van der Waals surface area contributed by atoms with Crippen molar-refractivity contribution >= 4 is 0 Å². The summed E-state index contributed by atoms with van der Waals surface area (Å²) in [7, 11) is 1.30. The molecule has 0 aliphatic carbocycles. The van der Waals surface area contributed by atoms with E-state index in [1.165, 1.54) is 20.2 Å². The zero-order valence-electron chi connectivity index (χ0n) is 7.85. The summed E-state index contributed by atoms with van der Waals surface area (Å²) >= 11 is 0. The van der Waals surface area contributed by atoms with Gasteiger partial charge in [-0.05, 0) is 13.0 Å². The van der Waals surface area contributed by atoms with E-state index in [0.29, 0.717) is 0 Å². The lowest BCUT2D eigenvalue weighted by Gasteiger charge is -2.10. The predicted octanol–water partition coefficient (Wildman–Crippen LogP) is 2.58. The van der Waals surface area contributed by atoms with Crippen molar-refractivity contribution in [1.29, 1.82) is 0 Å². The topological polar surface area (TPSA) is 57.1 Å². The highest BCUT2D eigenvalue weighted by Gasteiger charge is 2.33. The molecule has 0 spiro atoms. The first-order valence-electron chi connectivity index (χ1n) is 3.53. The average Bonchev–Trinajstić information content (AvgIpc) is 2.03. The number of nitrogens with zero attached hydrogens (tertiary/aromatic N) is 1. The third-order valence-corrected chi connectivity index (χ3v) is 1.60. The second-order valence-corrected chi connectivity index (χ2v) is 2.51. The molecule has 0 saturated heterocycles. The SMILES string of the molecule is COc1cnc(C)c(C(F)(F)F)c1.N. The Morgan fingerprint density at radius 2 is 1.93 bits per heavy atom. The van der Waals surface area contributed by atoms with E-state index in [1.807, 2.05) is 0 Å². The second-order valence-electron chi connectivity index (χ2n) is 2.51. The van der Waals surface area contributed by atoms with Gasteiger partial charge in [0.2, 0.25) is 0 Å². The summed E-state index contributed by atoms with van der Waals surface area (Å²) in [6.07, 6.45) is -3.11. The Kier molecular flexibility index (Phi) is 3.88. The summed E-state index contributed by atoms with van der Waals surface area (Å²) < 4.78 is 41.5. The smallest absolute Gasteiger partial charge is 0.418 e. The molecule has 14 heavy (non-hydrogen) atoms. The Labute approximate surface area is 79.5 Å². The average molecular weight is 208 g/mol. The Bertz CT molecular complexity index is 312. The van der Waals surface area contributed by atoms with E-state index in [0.717, 1.165) is 6.07 Å². The van der Waals surface area contributed by atoms with Gasteiger partial charge in [-0.2, -0.15) is 13.2 Å². The van der Waals surface area contributed by atoms with Gasteiger partial charge in [-0.25, -0.2) is 0 Å². The van der Waals surface area contributed by atoms with Crippen molar-refractivity contribution in [2.75, 3.05) is 7.11 Å². The Hall–Kier alpha value is -1.30. The quantitative estimate of drug-likeness (QED) is 0.771. The Morgan fingerprint density at radius 3 is 2.36 bits per heavy atom. The van der Waals surface area contributed by atoms with Crippen LogP contribution in [0.25, 0.3) is 0 Å². The lowest BCUT2D eigenvalue weighted by atomic mass is 10.2. The zero-order valence-corrected chi connectivity index (χ0v) is 7.85. The van der Waals surface area contributed by atoms with Crippen LogP contribution >= 0.6 is 0 Å². The van der Waals surface area contributed by atoms with Crippen LogP contribution in [0.3, 0.4) is 0 Å². The number of ether oxygens (including phenoxy) is 1. The molecule has 0 fully saturated rings. The molecule has 80 valence electrons. The zero-order chi connectivity index (χ0) is 10.1. The van der Waals surface area contributed by atoms with E-state index >= 15 is 0 Å².